The van der Waals surface area contributed by atoms with Gasteiger partial charge >= 0.3 is 0 Å². The molecular weight excluding hydrogens is 380 g/mol. The molecule has 13 atom stereocenters. The fourth-order valence-corrected chi connectivity index (χ4v) is 11.5. The minimum Gasteiger partial charge on any atom is -0.393 e. The highest BCUT2D eigenvalue weighted by molar-refractivity contribution is 5.26. The minimum absolute atomic E-state index is 0.0843. The lowest BCUT2D eigenvalue weighted by atomic mass is 9.45. The molecule has 0 bridgehead atoms. The first kappa shape index (κ1) is 21.5. The van der Waals surface area contributed by atoms with Gasteiger partial charge in [-0.15, -0.1) is 0 Å². The van der Waals surface area contributed by atoms with Gasteiger partial charge in [-0.25, -0.2) is 0 Å². The molecule has 6 aliphatic carbocycles. The topological polar surface area (TPSA) is 29.5 Å². The molecule has 6 rings (SSSR count). The summed E-state index contributed by atoms with van der Waals surface area (Å²) in [5, 5.41) is 10.7. The molecule has 31 heavy (non-hydrogen) atoms. The third-order valence-electron chi connectivity index (χ3n) is 13.2. The van der Waals surface area contributed by atoms with Gasteiger partial charge in [-0.3, -0.25) is 0 Å². The van der Waals surface area contributed by atoms with Gasteiger partial charge in [-0.1, -0.05) is 34.6 Å². The van der Waals surface area contributed by atoms with Gasteiger partial charge < -0.3 is 9.84 Å². The fraction of sp³-hybridized carbons (Fsp3) is 1.00. The highest BCUT2D eigenvalue weighted by Gasteiger charge is 2.77. The van der Waals surface area contributed by atoms with Crippen LogP contribution in [0.4, 0.5) is 0 Å². The van der Waals surface area contributed by atoms with Gasteiger partial charge in [-0.2, -0.15) is 0 Å². The molecule has 176 valence electrons. The van der Waals surface area contributed by atoms with Crippen molar-refractivity contribution in [2.75, 3.05) is 7.11 Å². The molecule has 2 unspecified atom stereocenters. The van der Waals surface area contributed by atoms with E-state index in [1.807, 2.05) is 7.11 Å². The van der Waals surface area contributed by atoms with Gasteiger partial charge in [-0.05, 0) is 122 Å². The van der Waals surface area contributed by atoms with E-state index in [-0.39, 0.29) is 6.10 Å². The first-order valence-electron chi connectivity index (χ1n) is 13.9. The standard InChI is InChI=1S/C29H48O2/c1-16(2)26(30)20-13-19(20)17(3)22-7-8-23-21-14-25(31-6)29-15-18(29)9-12-28(29,5)24(21)10-11-27(22,23)4/h16-26,30H,7-15H2,1-6H3/t17-,18+,19-,20+,21+,22-,23+,24+,25-,26?,27-,28-,29?/m1/s1. The molecule has 0 aromatic heterocycles. The predicted octanol–water partition coefficient (Wildman–Crippen LogP) is 6.56. The second-order valence-electron chi connectivity index (χ2n) is 14.1. The Bertz CT molecular complexity index is 732. The van der Waals surface area contributed by atoms with Gasteiger partial charge in [0.15, 0.2) is 0 Å². The third-order valence-corrected chi connectivity index (χ3v) is 13.2. The van der Waals surface area contributed by atoms with Crippen molar-refractivity contribution in [3.8, 4) is 0 Å². The molecule has 0 aromatic carbocycles. The smallest absolute Gasteiger partial charge is 0.0638 e. The summed E-state index contributed by atoms with van der Waals surface area (Å²) in [6.07, 6.45) is 13.3. The highest BCUT2D eigenvalue weighted by Crippen LogP contribution is 2.82. The van der Waals surface area contributed by atoms with E-state index in [9.17, 15) is 5.11 Å². The summed E-state index contributed by atoms with van der Waals surface area (Å²) >= 11 is 0. The molecule has 1 N–H and O–H groups in total. The summed E-state index contributed by atoms with van der Waals surface area (Å²) in [4.78, 5) is 0. The van der Waals surface area contributed by atoms with Crippen LogP contribution in [0.1, 0.15) is 92.4 Å². The first-order chi connectivity index (χ1) is 14.7. The molecular formula is C29H48O2. The van der Waals surface area contributed by atoms with Gasteiger partial charge in [0.25, 0.3) is 0 Å². The summed E-state index contributed by atoms with van der Waals surface area (Å²) < 4.78 is 6.30. The minimum atomic E-state index is -0.0843. The summed E-state index contributed by atoms with van der Waals surface area (Å²) in [6, 6.07) is 0. The van der Waals surface area contributed by atoms with Crippen molar-refractivity contribution in [2.24, 2.45) is 69.5 Å². The Labute approximate surface area is 191 Å². The van der Waals surface area contributed by atoms with E-state index in [1.54, 1.807) is 0 Å². The van der Waals surface area contributed by atoms with Crippen LogP contribution < -0.4 is 0 Å². The van der Waals surface area contributed by atoms with Gasteiger partial charge in [0.1, 0.15) is 0 Å². The largest absolute Gasteiger partial charge is 0.393 e. The van der Waals surface area contributed by atoms with Crippen LogP contribution in [0, 0.1) is 69.5 Å². The number of ether oxygens (including phenoxy) is 1. The zero-order valence-electron chi connectivity index (χ0n) is 21.1. The van der Waals surface area contributed by atoms with Crippen LogP contribution in [0.2, 0.25) is 0 Å². The summed E-state index contributed by atoms with van der Waals surface area (Å²) in [5.74, 6) is 7.15. The van der Waals surface area contributed by atoms with Gasteiger partial charge in [0.05, 0.1) is 12.2 Å². The molecule has 0 radical (unpaired) electrons. The van der Waals surface area contributed by atoms with E-state index in [0.29, 0.717) is 34.2 Å². The van der Waals surface area contributed by atoms with E-state index in [0.717, 1.165) is 41.4 Å². The Hall–Kier alpha value is -0.0800. The van der Waals surface area contributed by atoms with Crippen molar-refractivity contribution in [2.45, 2.75) is 105 Å². The molecule has 6 fully saturated rings. The number of fused-ring (bicyclic) bond motifs is 4. The van der Waals surface area contributed by atoms with E-state index < -0.39 is 0 Å². The monoisotopic (exact) mass is 428 g/mol. The van der Waals surface area contributed by atoms with Crippen molar-refractivity contribution in [1.29, 1.82) is 0 Å². The Balaban J connectivity index is 1.24. The molecule has 6 aliphatic rings. The van der Waals surface area contributed by atoms with Crippen LogP contribution in [0.3, 0.4) is 0 Å². The lowest BCUT2D eigenvalue weighted by molar-refractivity contribution is -0.161. The summed E-state index contributed by atoms with van der Waals surface area (Å²) in [6.45, 7) is 12.3. The van der Waals surface area contributed by atoms with Crippen molar-refractivity contribution in [3.63, 3.8) is 0 Å². The van der Waals surface area contributed by atoms with Crippen molar-refractivity contribution in [3.05, 3.63) is 0 Å². The number of methoxy groups -OCH3 is 1. The number of aliphatic hydroxyl groups excluding tert-OH is 1. The first-order valence-corrected chi connectivity index (χ1v) is 13.9. The molecule has 0 aromatic rings. The molecule has 0 saturated heterocycles. The Kier molecular flexibility index (Phi) is 4.67. The zero-order chi connectivity index (χ0) is 21.9. The lowest BCUT2D eigenvalue weighted by Crippen LogP contribution is -2.57. The van der Waals surface area contributed by atoms with Crippen LogP contribution in [-0.2, 0) is 4.74 Å². The second kappa shape index (κ2) is 6.74. The Morgan fingerprint density at radius 3 is 2.35 bits per heavy atom. The molecule has 1 spiro atoms. The van der Waals surface area contributed by atoms with Crippen LogP contribution in [0.25, 0.3) is 0 Å². The van der Waals surface area contributed by atoms with Gasteiger partial charge in [0.2, 0.25) is 0 Å². The van der Waals surface area contributed by atoms with Crippen LogP contribution in [-0.4, -0.2) is 24.4 Å². The maximum Gasteiger partial charge on any atom is 0.0638 e. The number of hydrogen-bond donors (Lipinski definition) is 1. The molecule has 0 aliphatic heterocycles. The number of aliphatic hydroxyl groups is 1. The molecule has 0 amide bonds. The maximum absolute atomic E-state index is 10.7. The molecule has 0 heterocycles. The zero-order valence-corrected chi connectivity index (χ0v) is 21.1. The molecule has 2 nitrogen and oxygen atoms in total. The molecule has 6 saturated carbocycles. The second-order valence-corrected chi connectivity index (χ2v) is 14.1. The van der Waals surface area contributed by atoms with Crippen LogP contribution in [0.5, 0.6) is 0 Å². The Morgan fingerprint density at radius 1 is 0.903 bits per heavy atom. The summed E-state index contributed by atoms with van der Waals surface area (Å²) in [7, 11) is 2.02. The van der Waals surface area contributed by atoms with Crippen molar-refractivity contribution in [1.82, 2.24) is 0 Å². The summed E-state index contributed by atoms with van der Waals surface area (Å²) in [5.41, 5.74) is 1.63. The van der Waals surface area contributed by atoms with Gasteiger partial charge in [0, 0.05) is 12.5 Å². The number of hydrogen-bond acceptors (Lipinski definition) is 2. The fourth-order valence-electron chi connectivity index (χ4n) is 11.5. The van der Waals surface area contributed by atoms with E-state index in [1.165, 1.54) is 57.8 Å². The van der Waals surface area contributed by atoms with Crippen molar-refractivity contribution < 1.29 is 9.84 Å². The maximum atomic E-state index is 10.7. The van der Waals surface area contributed by atoms with E-state index in [4.69, 9.17) is 4.74 Å². The van der Waals surface area contributed by atoms with E-state index >= 15 is 0 Å². The molecule has 2 heteroatoms. The SMILES string of the molecule is CO[C@@H]1C[C@H]2[C@@H]3CC[C@H]([C@H](C)[C@H]4C[C@@H]4C(O)C(C)C)[C@@]3(C)CC[C@@H]2[C@@]2(C)CC[C@H]3CC312. The average molecular weight is 429 g/mol. The highest BCUT2D eigenvalue weighted by atomic mass is 16.5. The van der Waals surface area contributed by atoms with Crippen LogP contribution in [0.15, 0.2) is 0 Å². The average Bonchev–Trinajstić information content (AvgIpc) is 3.62. The van der Waals surface area contributed by atoms with Crippen LogP contribution >= 0.6 is 0 Å². The lowest BCUT2D eigenvalue weighted by Gasteiger charge is -2.61. The quantitative estimate of drug-likeness (QED) is 0.537. The Morgan fingerprint density at radius 2 is 1.68 bits per heavy atom. The number of rotatable bonds is 5. The van der Waals surface area contributed by atoms with E-state index in [2.05, 4.69) is 34.6 Å². The third kappa shape index (κ3) is 2.59. The van der Waals surface area contributed by atoms with Crippen molar-refractivity contribution >= 4 is 0 Å². The predicted molar refractivity (Wildman–Crippen MR) is 125 cm³/mol. The normalized spacial score (nSPS) is 58.8.